The quantitative estimate of drug-likeness (QED) is 0.663. The van der Waals surface area contributed by atoms with E-state index in [1.54, 1.807) is 4.57 Å². The number of benzene rings is 2. The van der Waals surface area contributed by atoms with Gasteiger partial charge in [0.2, 0.25) is 0 Å². The van der Waals surface area contributed by atoms with Gasteiger partial charge in [-0.1, -0.05) is 49.7 Å². The lowest BCUT2D eigenvalue weighted by Gasteiger charge is -2.18. The van der Waals surface area contributed by atoms with E-state index >= 15 is 0 Å². The number of rotatable bonds is 7. The van der Waals surface area contributed by atoms with Gasteiger partial charge in [-0.05, 0) is 55.3 Å². The Labute approximate surface area is 160 Å². The maximum atomic E-state index is 13.5. The summed E-state index contributed by atoms with van der Waals surface area (Å²) >= 11 is 0. The molecule has 0 radical (unpaired) electrons. The molecule has 0 aliphatic carbocycles. The molecule has 1 unspecified atom stereocenters. The number of nitrogens with two attached hydrogens (primary N) is 1. The Bertz CT molecular complexity index is 961. The van der Waals surface area contributed by atoms with Crippen molar-refractivity contribution < 1.29 is 5.11 Å². The number of pyridine rings is 1. The standard InChI is InChI=1S/C23H28N2O2/c1-3-8-20(26)14-13-17-9-7-10-18-15-21(16(2)24)25(23(27)22(17)18)19-11-5-4-6-12-19/h4-7,9-12,15-16,20,26H,3,8,13-14,24H2,1-2H3/t16-,20?/m0/s1. The van der Waals surface area contributed by atoms with Crippen molar-refractivity contribution in [1.29, 1.82) is 0 Å². The molecule has 0 spiro atoms. The fraction of sp³-hybridized carbons (Fsp3) is 0.348. The second kappa shape index (κ2) is 8.51. The van der Waals surface area contributed by atoms with E-state index in [1.165, 1.54) is 0 Å². The van der Waals surface area contributed by atoms with Gasteiger partial charge in [-0.2, -0.15) is 0 Å². The highest BCUT2D eigenvalue weighted by molar-refractivity contribution is 5.85. The van der Waals surface area contributed by atoms with Crippen LogP contribution in [0.2, 0.25) is 0 Å². The molecule has 0 amide bonds. The Morgan fingerprint density at radius 2 is 1.81 bits per heavy atom. The molecule has 0 saturated heterocycles. The van der Waals surface area contributed by atoms with Crippen LogP contribution in [0, 0.1) is 0 Å². The number of nitrogens with zero attached hydrogens (tertiary/aromatic N) is 1. The summed E-state index contributed by atoms with van der Waals surface area (Å²) in [4.78, 5) is 13.5. The van der Waals surface area contributed by atoms with Crippen molar-refractivity contribution in [3.05, 3.63) is 76.2 Å². The summed E-state index contributed by atoms with van der Waals surface area (Å²) in [6.07, 6.45) is 2.75. The molecule has 0 fully saturated rings. The van der Waals surface area contributed by atoms with Gasteiger partial charge in [0.25, 0.3) is 5.56 Å². The minimum absolute atomic E-state index is 0.0495. The topological polar surface area (TPSA) is 68.2 Å². The smallest absolute Gasteiger partial charge is 0.263 e. The maximum absolute atomic E-state index is 13.5. The van der Waals surface area contributed by atoms with E-state index in [1.807, 2.05) is 61.5 Å². The minimum Gasteiger partial charge on any atom is -0.393 e. The molecule has 1 heterocycles. The maximum Gasteiger partial charge on any atom is 0.263 e. The van der Waals surface area contributed by atoms with Crippen LogP contribution in [-0.4, -0.2) is 15.8 Å². The summed E-state index contributed by atoms with van der Waals surface area (Å²) in [5, 5.41) is 11.7. The van der Waals surface area contributed by atoms with Crippen LogP contribution in [0.25, 0.3) is 16.5 Å². The highest BCUT2D eigenvalue weighted by Gasteiger charge is 2.16. The highest BCUT2D eigenvalue weighted by atomic mass is 16.3. The van der Waals surface area contributed by atoms with Crippen LogP contribution in [0.1, 0.15) is 50.4 Å². The normalized spacial score (nSPS) is 13.6. The van der Waals surface area contributed by atoms with Crippen molar-refractivity contribution in [3.8, 4) is 5.69 Å². The molecule has 0 bridgehead atoms. The van der Waals surface area contributed by atoms with Crippen LogP contribution >= 0.6 is 0 Å². The minimum atomic E-state index is -0.329. The van der Waals surface area contributed by atoms with Gasteiger partial charge in [0.1, 0.15) is 0 Å². The van der Waals surface area contributed by atoms with E-state index in [0.29, 0.717) is 12.8 Å². The largest absolute Gasteiger partial charge is 0.393 e. The van der Waals surface area contributed by atoms with Crippen LogP contribution < -0.4 is 11.3 Å². The fourth-order valence-electron chi connectivity index (χ4n) is 3.64. The summed E-state index contributed by atoms with van der Waals surface area (Å²) in [5.74, 6) is 0. The summed E-state index contributed by atoms with van der Waals surface area (Å²) in [6.45, 7) is 3.96. The Morgan fingerprint density at radius 1 is 1.07 bits per heavy atom. The molecule has 0 saturated carbocycles. The number of aliphatic hydroxyl groups excluding tert-OH is 1. The molecule has 27 heavy (non-hydrogen) atoms. The third-order valence-corrected chi connectivity index (χ3v) is 5.01. The van der Waals surface area contributed by atoms with E-state index in [2.05, 4.69) is 6.92 Å². The van der Waals surface area contributed by atoms with E-state index in [0.717, 1.165) is 40.6 Å². The second-order valence-electron chi connectivity index (χ2n) is 7.20. The number of aromatic nitrogens is 1. The molecule has 4 nitrogen and oxygen atoms in total. The predicted octanol–water partition coefficient (Wildman–Crippen LogP) is 4.10. The summed E-state index contributed by atoms with van der Waals surface area (Å²) in [6, 6.07) is 17.3. The molecule has 142 valence electrons. The molecule has 1 aromatic heterocycles. The Hall–Kier alpha value is -2.43. The Morgan fingerprint density at radius 3 is 2.48 bits per heavy atom. The zero-order valence-electron chi connectivity index (χ0n) is 16.1. The lowest BCUT2D eigenvalue weighted by atomic mass is 9.98. The lowest BCUT2D eigenvalue weighted by Crippen LogP contribution is -2.26. The second-order valence-corrected chi connectivity index (χ2v) is 7.20. The van der Waals surface area contributed by atoms with Crippen molar-refractivity contribution in [1.82, 2.24) is 4.57 Å². The van der Waals surface area contributed by atoms with E-state index in [9.17, 15) is 9.90 Å². The molecular weight excluding hydrogens is 336 g/mol. The molecule has 2 aromatic carbocycles. The third kappa shape index (κ3) is 4.12. The van der Waals surface area contributed by atoms with Gasteiger partial charge in [-0.3, -0.25) is 9.36 Å². The highest BCUT2D eigenvalue weighted by Crippen LogP contribution is 2.23. The van der Waals surface area contributed by atoms with Crippen LogP contribution in [-0.2, 0) is 6.42 Å². The first-order chi connectivity index (χ1) is 13.0. The summed E-state index contributed by atoms with van der Waals surface area (Å²) in [7, 11) is 0. The molecule has 3 aromatic rings. The number of aryl methyl sites for hydroxylation is 1. The van der Waals surface area contributed by atoms with Gasteiger partial charge in [0.15, 0.2) is 0 Å². The molecule has 4 heteroatoms. The van der Waals surface area contributed by atoms with E-state index < -0.39 is 0 Å². The molecule has 0 aliphatic rings. The zero-order chi connectivity index (χ0) is 19.4. The van der Waals surface area contributed by atoms with Crippen LogP contribution in [0.3, 0.4) is 0 Å². The fourth-order valence-corrected chi connectivity index (χ4v) is 3.64. The van der Waals surface area contributed by atoms with Crippen LogP contribution in [0.5, 0.6) is 0 Å². The molecule has 2 atom stereocenters. The molecule has 0 aliphatic heterocycles. The number of aliphatic hydroxyl groups is 1. The first kappa shape index (κ1) is 19.3. The monoisotopic (exact) mass is 364 g/mol. The Kier molecular flexibility index (Phi) is 6.09. The lowest BCUT2D eigenvalue weighted by molar-refractivity contribution is 0.154. The van der Waals surface area contributed by atoms with Crippen molar-refractivity contribution in [3.63, 3.8) is 0 Å². The number of hydrogen-bond acceptors (Lipinski definition) is 3. The SMILES string of the molecule is CCCC(O)CCc1cccc2cc([C@H](C)N)n(-c3ccccc3)c(=O)c12. The van der Waals surface area contributed by atoms with E-state index in [-0.39, 0.29) is 17.7 Å². The molecule has 3 N–H and O–H groups in total. The van der Waals surface area contributed by atoms with E-state index in [4.69, 9.17) is 5.73 Å². The third-order valence-electron chi connectivity index (χ3n) is 5.01. The summed E-state index contributed by atoms with van der Waals surface area (Å²) < 4.78 is 1.72. The van der Waals surface area contributed by atoms with Crippen molar-refractivity contribution in [2.45, 2.75) is 51.7 Å². The van der Waals surface area contributed by atoms with Gasteiger partial charge >= 0.3 is 0 Å². The van der Waals surface area contributed by atoms with Gasteiger partial charge in [0, 0.05) is 17.4 Å². The number of para-hydroxylation sites is 1. The average Bonchev–Trinajstić information content (AvgIpc) is 2.66. The average molecular weight is 364 g/mol. The zero-order valence-corrected chi connectivity index (χ0v) is 16.1. The van der Waals surface area contributed by atoms with Crippen molar-refractivity contribution in [2.75, 3.05) is 0 Å². The Balaban J connectivity index is 2.17. The van der Waals surface area contributed by atoms with Gasteiger partial charge < -0.3 is 10.8 Å². The van der Waals surface area contributed by atoms with Crippen LogP contribution in [0.15, 0.2) is 59.4 Å². The molecule has 3 rings (SSSR count). The van der Waals surface area contributed by atoms with Gasteiger partial charge in [-0.25, -0.2) is 0 Å². The van der Waals surface area contributed by atoms with Gasteiger partial charge in [-0.15, -0.1) is 0 Å². The first-order valence-corrected chi connectivity index (χ1v) is 9.69. The summed E-state index contributed by atoms with van der Waals surface area (Å²) in [5.41, 5.74) is 8.73. The van der Waals surface area contributed by atoms with Gasteiger partial charge in [0.05, 0.1) is 11.5 Å². The number of hydrogen-bond donors (Lipinski definition) is 2. The first-order valence-electron chi connectivity index (χ1n) is 9.69. The predicted molar refractivity (Wildman–Crippen MR) is 111 cm³/mol. The van der Waals surface area contributed by atoms with Crippen LogP contribution in [0.4, 0.5) is 0 Å². The van der Waals surface area contributed by atoms with Crippen molar-refractivity contribution >= 4 is 10.8 Å². The number of fused-ring (bicyclic) bond motifs is 1. The van der Waals surface area contributed by atoms with Crippen molar-refractivity contribution in [2.24, 2.45) is 5.73 Å². The molecular formula is C23H28N2O2.